The van der Waals surface area contributed by atoms with Gasteiger partial charge in [0.2, 0.25) is 5.91 Å². The third-order valence-electron chi connectivity index (χ3n) is 6.13. The molecule has 1 saturated heterocycles. The topological polar surface area (TPSA) is 55.8 Å². The molecule has 0 bridgehead atoms. The third kappa shape index (κ3) is 6.28. The second-order valence-corrected chi connectivity index (χ2v) is 9.51. The van der Waals surface area contributed by atoms with Gasteiger partial charge in [-0.05, 0) is 48.1 Å². The number of imide groups is 1. The quantitative estimate of drug-likeness (QED) is 0.271. The van der Waals surface area contributed by atoms with Gasteiger partial charge in [0.25, 0.3) is 0 Å². The van der Waals surface area contributed by atoms with E-state index in [0.29, 0.717) is 40.8 Å². The highest BCUT2D eigenvalue weighted by molar-refractivity contribution is 6.36. The molecule has 1 aliphatic rings. The third-order valence-corrected chi connectivity index (χ3v) is 6.80. The molecular formula is C29H27Cl2NO4. The molecule has 3 aromatic carbocycles. The van der Waals surface area contributed by atoms with E-state index in [-0.39, 0.29) is 25.0 Å². The lowest BCUT2D eigenvalue weighted by Crippen LogP contribution is -2.44. The molecule has 0 aliphatic carbocycles. The number of carbonyl (C=O) groups is 2. The summed E-state index contributed by atoms with van der Waals surface area (Å²) in [5.41, 5.74) is 2.67. The maximum atomic E-state index is 13.6. The summed E-state index contributed by atoms with van der Waals surface area (Å²) in [4.78, 5) is 27.3. The van der Waals surface area contributed by atoms with Gasteiger partial charge in [-0.3, -0.25) is 4.79 Å². The Bertz CT molecular complexity index is 1190. The molecule has 186 valence electrons. The van der Waals surface area contributed by atoms with Gasteiger partial charge in [0.1, 0.15) is 19.0 Å². The van der Waals surface area contributed by atoms with Crippen molar-refractivity contribution in [1.29, 1.82) is 0 Å². The Morgan fingerprint density at radius 2 is 1.67 bits per heavy atom. The van der Waals surface area contributed by atoms with Crippen LogP contribution in [0.1, 0.15) is 23.1 Å². The fraction of sp³-hybridized carbons (Fsp3) is 0.241. The zero-order valence-corrected chi connectivity index (χ0v) is 21.3. The number of benzene rings is 3. The standard InChI is InChI=1S/C29H27Cl2NO4/c1-2-9-22(28(33)32-23(19-36-29(32)34)14-20-10-5-3-6-11-20)15-25-26(30)16-24(17-27(25)31)35-18-21-12-7-4-8-13-21/h2-8,10-13,16-17,22-23H,1,9,14-15,18-19H2/t22-,23?/m0/s1. The Morgan fingerprint density at radius 3 is 2.28 bits per heavy atom. The van der Waals surface area contributed by atoms with Crippen molar-refractivity contribution in [2.24, 2.45) is 5.92 Å². The van der Waals surface area contributed by atoms with Gasteiger partial charge in [-0.2, -0.15) is 0 Å². The predicted octanol–water partition coefficient (Wildman–Crippen LogP) is 6.90. The first-order chi connectivity index (χ1) is 17.5. The normalized spacial score (nSPS) is 15.9. The zero-order valence-electron chi connectivity index (χ0n) is 19.7. The number of nitrogens with zero attached hydrogens (tertiary/aromatic N) is 1. The van der Waals surface area contributed by atoms with Crippen LogP contribution in [0.15, 0.2) is 85.5 Å². The van der Waals surface area contributed by atoms with Crippen LogP contribution >= 0.6 is 23.2 Å². The Labute approximate surface area is 221 Å². The predicted molar refractivity (Wildman–Crippen MR) is 141 cm³/mol. The number of rotatable bonds is 10. The molecule has 0 spiro atoms. The lowest BCUT2D eigenvalue weighted by atomic mass is 9.93. The second-order valence-electron chi connectivity index (χ2n) is 8.69. The summed E-state index contributed by atoms with van der Waals surface area (Å²) in [7, 11) is 0. The molecular weight excluding hydrogens is 497 g/mol. The fourth-order valence-corrected chi connectivity index (χ4v) is 4.90. The molecule has 1 fully saturated rings. The Morgan fingerprint density at radius 1 is 1.06 bits per heavy atom. The molecule has 2 amide bonds. The maximum Gasteiger partial charge on any atom is 0.416 e. The minimum atomic E-state index is -0.628. The van der Waals surface area contributed by atoms with Crippen LogP contribution in [0.5, 0.6) is 5.75 Å². The average Bonchev–Trinajstić information content (AvgIpc) is 3.24. The summed E-state index contributed by atoms with van der Waals surface area (Å²) < 4.78 is 11.1. The number of allylic oxidation sites excluding steroid dienone is 1. The largest absolute Gasteiger partial charge is 0.489 e. The molecule has 4 rings (SSSR count). The maximum absolute atomic E-state index is 13.6. The molecule has 0 N–H and O–H groups in total. The van der Waals surface area contributed by atoms with E-state index in [1.54, 1.807) is 18.2 Å². The minimum Gasteiger partial charge on any atom is -0.489 e. The first kappa shape index (κ1) is 25.8. The Balaban J connectivity index is 1.49. The molecule has 3 aromatic rings. The molecule has 1 unspecified atom stereocenters. The highest BCUT2D eigenvalue weighted by Crippen LogP contribution is 2.34. The van der Waals surface area contributed by atoms with E-state index in [2.05, 4.69) is 6.58 Å². The summed E-state index contributed by atoms with van der Waals surface area (Å²) in [5, 5.41) is 0.800. The van der Waals surface area contributed by atoms with Gasteiger partial charge in [0.15, 0.2) is 0 Å². The molecule has 0 saturated carbocycles. The summed E-state index contributed by atoms with van der Waals surface area (Å²) >= 11 is 13.2. The molecule has 0 aromatic heterocycles. The number of hydrogen-bond donors (Lipinski definition) is 0. The Hall–Kier alpha value is -3.28. The molecule has 36 heavy (non-hydrogen) atoms. The number of amides is 2. The SMILES string of the molecule is C=CC[C@@H](Cc1c(Cl)cc(OCc2ccccc2)cc1Cl)C(=O)N1C(=O)OCC1Cc1ccccc1. The van der Waals surface area contributed by atoms with Gasteiger partial charge < -0.3 is 9.47 Å². The van der Waals surface area contributed by atoms with Gasteiger partial charge in [-0.1, -0.05) is 89.9 Å². The number of ether oxygens (including phenoxy) is 2. The second kappa shape index (κ2) is 12.1. The van der Waals surface area contributed by atoms with Crippen molar-refractivity contribution in [3.63, 3.8) is 0 Å². The smallest absolute Gasteiger partial charge is 0.416 e. The minimum absolute atomic E-state index is 0.162. The summed E-state index contributed by atoms with van der Waals surface area (Å²) in [6.45, 7) is 4.34. The summed E-state index contributed by atoms with van der Waals surface area (Å²) in [6.07, 6.45) is 2.17. The van der Waals surface area contributed by atoms with Crippen molar-refractivity contribution < 1.29 is 19.1 Å². The van der Waals surface area contributed by atoms with Crippen LogP contribution in [0.3, 0.4) is 0 Å². The van der Waals surface area contributed by atoms with E-state index >= 15 is 0 Å². The van der Waals surface area contributed by atoms with E-state index in [9.17, 15) is 9.59 Å². The highest BCUT2D eigenvalue weighted by atomic mass is 35.5. The number of hydrogen-bond acceptors (Lipinski definition) is 4. The summed E-state index contributed by atoms with van der Waals surface area (Å²) in [5.74, 6) is -0.359. The number of carbonyl (C=O) groups excluding carboxylic acids is 2. The van der Waals surface area contributed by atoms with E-state index < -0.39 is 12.0 Å². The van der Waals surface area contributed by atoms with Crippen LogP contribution in [0, 0.1) is 5.92 Å². The van der Waals surface area contributed by atoms with Crippen LogP contribution in [0.25, 0.3) is 0 Å². The first-order valence-corrected chi connectivity index (χ1v) is 12.5. The molecule has 1 heterocycles. The van der Waals surface area contributed by atoms with Crippen molar-refractivity contribution in [2.45, 2.75) is 31.9 Å². The Kier molecular flexibility index (Phi) is 8.68. The molecule has 7 heteroatoms. The first-order valence-electron chi connectivity index (χ1n) is 11.8. The van der Waals surface area contributed by atoms with Gasteiger partial charge in [0, 0.05) is 16.0 Å². The van der Waals surface area contributed by atoms with E-state index in [0.717, 1.165) is 11.1 Å². The summed E-state index contributed by atoms with van der Waals surface area (Å²) in [6, 6.07) is 22.5. The monoisotopic (exact) mass is 523 g/mol. The van der Waals surface area contributed by atoms with Crippen LogP contribution in [-0.2, 0) is 29.0 Å². The lowest BCUT2D eigenvalue weighted by molar-refractivity contribution is -0.133. The van der Waals surface area contributed by atoms with Crippen molar-refractivity contribution >= 4 is 35.2 Å². The zero-order chi connectivity index (χ0) is 25.5. The highest BCUT2D eigenvalue weighted by Gasteiger charge is 2.40. The average molecular weight is 524 g/mol. The van der Waals surface area contributed by atoms with Gasteiger partial charge in [-0.15, -0.1) is 6.58 Å². The lowest BCUT2D eigenvalue weighted by Gasteiger charge is -2.25. The van der Waals surface area contributed by atoms with Gasteiger partial charge >= 0.3 is 6.09 Å². The van der Waals surface area contributed by atoms with Crippen molar-refractivity contribution in [3.8, 4) is 5.75 Å². The number of halogens is 2. The molecule has 2 atom stereocenters. The van der Waals surface area contributed by atoms with Crippen LogP contribution < -0.4 is 4.74 Å². The van der Waals surface area contributed by atoms with Crippen molar-refractivity contribution in [1.82, 2.24) is 4.90 Å². The van der Waals surface area contributed by atoms with Crippen LogP contribution in [0.2, 0.25) is 10.0 Å². The van der Waals surface area contributed by atoms with Crippen molar-refractivity contribution in [2.75, 3.05) is 6.61 Å². The van der Waals surface area contributed by atoms with Crippen LogP contribution in [-0.4, -0.2) is 29.5 Å². The molecule has 0 radical (unpaired) electrons. The van der Waals surface area contributed by atoms with E-state index in [4.69, 9.17) is 32.7 Å². The fourth-order valence-electron chi connectivity index (χ4n) is 4.28. The van der Waals surface area contributed by atoms with E-state index in [1.165, 1.54) is 4.90 Å². The number of cyclic esters (lactones) is 1. The van der Waals surface area contributed by atoms with Gasteiger partial charge in [-0.25, -0.2) is 9.69 Å². The van der Waals surface area contributed by atoms with Crippen molar-refractivity contribution in [3.05, 3.63) is 112 Å². The van der Waals surface area contributed by atoms with E-state index in [1.807, 2.05) is 60.7 Å². The molecule has 1 aliphatic heterocycles. The van der Waals surface area contributed by atoms with Gasteiger partial charge in [0.05, 0.1) is 6.04 Å². The molecule has 5 nitrogen and oxygen atoms in total. The van der Waals surface area contributed by atoms with Crippen LogP contribution in [0.4, 0.5) is 4.79 Å².